The van der Waals surface area contributed by atoms with Crippen molar-refractivity contribution in [2.75, 3.05) is 38.0 Å². The van der Waals surface area contributed by atoms with Crippen molar-refractivity contribution in [3.05, 3.63) is 44.4 Å². The highest BCUT2D eigenvalue weighted by Gasteiger charge is 2.24. The zero-order chi connectivity index (χ0) is 19.6. The van der Waals surface area contributed by atoms with Crippen LogP contribution >= 0.6 is 34.5 Å². The number of carbonyl (C=O) groups excluding carboxylic acids is 2. The molecule has 1 saturated heterocycles. The first-order valence-corrected chi connectivity index (χ1v) is 10.1. The van der Waals surface area contributed by atoms with Crippen molar-refractivity contribution >= 4 is 51.5 Å². The number of halogens is 2. The molecule has 144 valence electrons. The van der Waals surface area contributed by atoms with Crippen molar-refractivity contribution in [1.29, 1.82) is 0 Å². The molecule has 1 aliphatic heterocycles. The molecule has 0 saturated carbocycles. The molecule has 1 fully saturated rings. The summed E-state index contributed by atoms with van der Waals surface area (Å²) in [6.07, 6.45) is 0. The van der Waals surface area contributed by atoms with Crippen LogP contribution in [0.2, 0.25) is 10.0 Å². The van der Waals surface area contributed by atoms with Gasteiger partial charge in [-0.25, -0.2) is 4.98 Å². The molecular weight excluding hydrogens is 407 g/mol. The first-order valence-electron chi connectivity index (χ1n) is 8.54. The van der Waals surface area contributed by atoms with Crippen molar-refractivity contribution in [3.63, 3.8) is 0 Å². The van der Waals surface area contributed by atoms with Crippen molar-refractivity contribution in [2.45, 2.75) is 13.8 Å². The largest absolute Gasteiger partial charge is 0.336 e. The fraction of sp³-hybridized carbons (Fsp3) is 0.389. The number of carbonyl (C=O) groups is 2. The Balaban J connectivity index is 1.51. The van der Waals surface area contributed by atoms with Gasteiger partial charge in [0.25, 0.3) is 5.91 Å². The zero-order valence-electron chi connectivity index (χ0n) is 15.1. The Morgan fingerprint density at radius 2 is 1.89 bits per heavy atom. The molecule has 0 radical (unpaired) electrons. The number of aryl methyl sites for hydroxylation is 2. The number of thiazole rings is 1. The summed E-state index contributed by atoms with van der Waals surface area (Å²) >= 11 is 13.5. The van der Waals surface area contributed by atoms with Crippen molar-refractivity contribution in [2.24, 2.45) is 0 Å². The van der Waals surface area contributed by atoms with Crippen LogP contribution < -0.4 is 5.32 Å². The molecule has 1 aromatic carbocycles. The Bertz CT molecular complexity index is 844. The van der Waals surface area contributed by atoms with Gasteiger partial charge in [0.2, 0.25) is 5.91 Å². The average Bonchev–Trinajstić information content (AvgIpc) is 2.92. The van der Waals surface area contributed by atoms with Gasteiger partial charge in [0.15, 0.2) is 5.13 Å². The van der Waals surface area contributed by atoms with Crippen LogP contribution in [0.5, 0.6) is 0 Å². The SMILES string of the molecule is Cc1nc(NC(=O)CN2CCN(C(=O)c3ccc(Cl)cc3Cl)CC2)sc1C. The lowest BCUT2D eigenvalue weighted by Gasteiger charge is -2.34. The van der Waals surface area contributed by atoms with E-state index in [9.17, 15) is 9.59 Å². The third kappa shape index (κ3) is 4.99. The summed E-state index contributed by atoms with van der Waals surface area (Å²) < 4.78 is 0. The number of rotatable bonds is 4. The third-order valence-corrected chi connectivity index (χ3v) is 6.00. The number of hydrogen-bond donors (Lipinski definition) is 1. The molecule has 2 heterocycles. The highest BCUT2D eigenvalue weighted by atomic mass is 35.5. The van der Waals surface area contributed by atoms with Crippen LogP contribution in [0.25, 0.3) is 0 Å². The van der Waals surface area contributed by atoms with E-state index in [4.69, 9.17) is 23.2 Å². The summed E-state index contributed by atoms with van der Waals surface area (Å²) in [5, 5.41) is 4.31. The number of aromatic nitrogens is 1. The first-order chi connectivity index (χ1) is 12.8. The first kappa shape index (κ1) is 20.1. The summed E-state index contributed by atoms with van der Waals surface area (Å²) in [5.74, 6) is -0.209. The van der Waals surface area contributed by atoms with Crippen LogP contribution in [0.1, 0.15) is 20.9 Å². The molecule has 1 aliphatic rings. The lowest BCUT2D eigenvalue weighted by atomic mass is 10.2. The highest BCUT2D eigenvalue weighted by Crippen LogP contribution is 2.23. The minimum absolute atomic E-state index is 0.0933. The van der Waals surface area contributed by atoms with Crippen LogP contribution in [0.3, 0.4) is 0 Å². The number of nitrogens with one attached hydrogen (secondary N) is 1. The second kappa shape index (κ2) is 8.56. The van der Waals surface area contributed by atoms with E-state index in [2.05, 4.69) is 10.3 Å². The molecule has 0 aliphatic carbocycles. The van der Waals surface area contributed by atoms with Gasteiger partial charge < -0.3 is 10.2 Å². The molecule has 9 heteroatoms. The van der Waals surface area contributed by atoms with E-state index in [0.717, 1.165) is 10.6 Å². The average molecular weight is 427 g/mol. The van der Waals surface area contributed by atoms with E-state index in [1.807, 2.05) is 18.7 Å². The van der Waals surface area contributed by atoms with E-state index >= 15 is 0 Å². The van der Waals surface area contributed by atoms with Crippen molar-refractivity contribution < 1.29 is 9.59 Å². The predicted octanol–water partition coefficient (Wildman–Crippen LogP) is 3.46. The molecule has 0 spiro atoms. The van der Waals surface area contributed by atoms with Gasteiger partial charge in [-0.15, -0.1) is 11.3 Å². The molecule has 3 rings (SSSR count). The van der Waals surface area contributed by atoms with Gasteiger partial charge in [-0.05, 0) is 32.0 Å². The Labute approximate surface area is 172 Å². The molecule has 0 atom stereocenters. The summed E-state index contributed by atoms with van der Waals surface area (Å²) in [7, 11) is 0. The second-order valence-corrected chi connectivity index (χ2v) is 8.45. The fourth-order valence-corrected chi connectivity index (χ4v) is 4.15. The summed E-state index contributed by atoms with van der Waals surface area (Å²) in [6.45, 7) is 6.51. The van der Waals surface area contributed by atoms with E-state index in [1.165, 1.54) is 11.3 Å². The quantitative estimate of drug-likeness (QED) is 0.812. The van der Waals surface area contributed by atoms with E-state index in [-0.39, 0.29) is 18.4 Å². The van der Waals surface area contributed by atoms with E-state index in [0.29, 0.717) is 46.9 Å². The Morgan fingerprint density at radius 3 is 2.48 bits per heavy atom. The minimum Gasteiger partial charge on any atom is -0.336 e. The molecule has 2 aromatic rings. The van der Waals surface area contributed by atoms with Gasteiger partial charge in [0, 0.05) is 36.1 Å². The number of nitrogens with zero attached hydrogens (tertiary/aromatic N) is 3. The highest BCUT2D eigenvalue weighted by molar-refractivity contribution is 7.15. The monoisotopic (exact) mass is 426 g/mol. The summed E-state index contributed by atoms with van der Waals surface area (Å²) in [4.78, 5) is 34.0. The Hall–Kier alpha value is -1.67. The number of benzene rings is 1. The smallest absolute Gasteiger partial charge is 0.255 e. The van der Waals surface area contributed by atoms with Crippen LogP contribution in [0, 0.1) is 13.8 Å². The molecule has 0 bridgehead atoms. The standard InChI is InChI=1S/C18H20Cl2N4O2S/c1-11-12(2)27-18(21-11)22-16(25)10-23-5-7-24(8-6-23)17(26)14-4-3-13(19)9-15(14)20/h3-4,9H,5-8,10H2,1-2H3,(H,21,22,25). The van der Waals surface area contributed by atoms with Crippen LogP contribution in [0.15, 0.2) is 18.2 Å². The Kier molecular flexibility index (Phi) is 6.37. The van der Waals surface area contributed by atoms with Gasteiger partial charge >= 0.3 is 0 Å². The normalized spacial score (nSPS) is 15.0. The molecule has 1 aromatic heterocycles. The molecule has 2 amide bonds. The lowest BCUT2D eigenvalue weighted by Crippen LogP contribution is -2.50. The van der Waals surface area contributed by atoms with Gasteiger partial charge in [0.05, 0.1) is 22.8 Å². The van der Waals surface area contributed by atoms with Crippen molar-refractivity contribution in [3.8, 4) is 0 Å². The van der Waals surface area contributed by atoms with Crippen LogP contribution in [-0.2, 0) is 4.79 Å². The third-order valence-electron chi connectivity index (χ3n) is 4.46. The topological polar surface area (TPSA) is 65.5 Å². The zero-order valence-corrected chi connectivity index (χ0v) is 17.4. The summed E-state index contributed by atoms with van der Waals surface area (Å²) in [6, 6.07) is 4.87. The number of amides is 2. The molecule has 1 N–H and O–H groups in total. The number of anilines is 1. The van der Waals surface area contributed by atoms with Gasteiger partial charge in [-0.3, -0.25) is 14.5 Å². The van der Waals surface area contributed by atoms with E-state index in [1.54, 1.807) is 23.1 Å². The van der Waals surface area contributed by atoms with Gasteiger partial charge in [-0.1, -0.05) is 23.2 Å². The predicted molar refractivity (Wildman–Crippen MR) is 109 cm³/mol. The van der Waals surface area contributed by atoms with Gasteiger partial charge in [0.1, 0.15) is 0 Å². The summed E-state index contributed by atoms with van der Waals surface area (Å²) in [5.41, 5.74) is 1.38. The van der Waals surface area contributed by atoms with Crippen molar-refractivity contribution in [1.82, 2.24) is 14.8 Å². The number of hydrogen-bond acceptors (Lipinski definition) is 5. The molecule has 0 unspecified atom stereocenters. The number of piperazine rings is 1. The molecular formula is C18H20Cl2N4O2S. The fourth-order valence-electron chi connectivity index (χ4n) is 2.83. The Morgan fingerprint density at radius 1 is 1.19 bits per heavy atom. The maximum absolute atomic E-state index is 12.6. The molecule has 27 heavy (non-hydrogen) atoms. The van der Waals surface area contributed by atoms with Crippen LogP contribution in [0.4, 0.5) is 5.13 Å². The van der Waals surface area contributed by atoms with E-state index < -0.39 is 0 Å². The lowest BCUT2D eigenvalue weighted by molar-refractivity contribution is -0.117. The van der Waals surface area contributed by atoms with Crippen LogP contribution in [-0.4, -0.2) is 59.3 Å². The minimum atomic E-state index is -0.116. The maximum atomic E-state index is 12.6. The molecule has 6 nitrogen and oxygen atoms in total. The maximum Gasteiger partial charge on any atom is 0.255 e. The van der Waals surface area contributed by atoms with Gasteiger partial charge in [-0.2, -0.15) is 0 Å². The second-order valence-electron chi connectivity index (χ2n) is 6.40.